The Kier molecular flexibility index (Phi) is 8.30. The maximum atomic E-state index is 13.7. The van der Waals surface area contributed by atoms with Crippen molar-refractivity contribution in [2.24, 2.45) is 4.99 Å². The summed E-state index contributed by atoms with van der Waals surface area (Å²) in [5.41, 5.74) is 1.08. The summed E-state index contributed by atoms with van der Waals surface area (Å²) >= 11 is 1.09. The van der Waals surface area contributed by atoms with Crippen molar-refractivity contribution in [2.45, 2.75) is 31.7 Å². The molecule has 0 amide bonds. The number of hydrogen-bond donors (Lipinski definition) is 0. The number of carbonyl (C=O) groups excluding carboxylic acids is 1. The van der Waals surface area contributed by atoms with E-state index in [1.54, 1.807) is 19.9 Å². The van der Waals surface area contributed by atoms with Crippen molar-refractivity contribution >= 4 is 39.2 Å². The highest BCUT2D eigenvalue weighted by Gasteiger charge is 2.33. The molecule has 1 atom stereocenters. The first-order chi connectivity index (χ1) is 20.9. The molecule has 0 aliphatic carbocycles. The van der Waals surface area contributed by atoms with Crippen LogP contribution in [-0.2, 0) is 19.6 Å². The van der Waals surface area contributed by atoms with Gasteiger partial charge >= 0.3 is 16.1 Å². The van der Waals surface area contributed by atoms with Crippen LogP contribution in [0, 0.1) is 22.9 Å². The molecule has 0 bridgehead atoms. The summed E-state index contributed by atoms with van der Waals surface area (Å²) in [6.07, 6.45) is 1.58. The number of fused-ring (bicyclic) bond motifs is 1. The third-order valence-electron chi connectivity index (χ3n) is 6.75. The number of allylic oxidation sites excluding steroid dienone is 1. The van der Waals surface area contributed by atoms with Crippen LogP contribution in [-0.4, -0.2) is 30.5 Å². The normalized spacial score (nSPS) is 15.0. The molecule has 5 rings (SSSR count). The molecular formula is C30H24FN3O8S2. The van der Waals surface area contributed by atoms with Crippen molar-refractivity contribution in [3.05, 3.63) is 130 Å². The second kappa shape index (κ2) is 12.0. The molecule has 0 saturated carbocycles. The minimum absolute atomic E-state index is 0.0437. The number of esters is 1. The van der Waals surface area contributed by atoms with Gasteiger partial charge in [0.05, 0.1) is 33.4 Å². The molecule has 14 heteroatoms. The first kappa shape index (κ1) is 30.5. The Morgan fingerprint density at radius 3 is 2.43 bits per heavy atom. The summed E-state index contributed by atoms with van der Waals surface area (Å²) in [5, 5.41) is 11.2. The van der Waals surface area contributed by atoms with Crippen molar-refractivity contribution < 1.29 is 31.4 Å². The molecule has 0 spiro atoms. The third kappa shape index (κ3) is 5.94. The van der Waals surface area contributed by atoms with Gasteiger partial charge in [-0.25, -0.2) is 14.2 Å². The van der Waals surface area contributed by atoms with Crippen LogP contribution in [0.5, 0.6) is 5.75 Å². The number of rotatable bonds is 8. The number of benzene rings is 3. The van der Waals surface area contributed by atoms with Crippen LogP contribution in [0.15, 0.2) is 92.7 Å². The number of ether oxygens (including phenoxy) is 1. The molecule has 0 fully saturated rings. The smallest absolute Gasteiger partial charge is 0.339 e. The average Bonchev–Trinajstić information content (AvgIpc) is 3.27. The third-order valence-corrected chi connectivity index (χ3v) is 8.98. The van der Waals surface area contributed by atoms with Crippen molar-refractivity contribution in [3.63, 3.8) is 0 Å². The van der Waals surface area contributed by atoms with Gasteiger partial charge in [-0.1, -0.05) is 41.7 Å². The van der Waals surface area contributed by atoms with Crippen LogP contribution in [0.2, 0.25) is 0 Å². The lowest BCUT2D eigenvalue weighted by molar-refractivity contribution is -0.385. The van der Waals surface area contributed by atoms with E-state index in [2.05, 4.69) is 4.99 Å². The summed E-state index contributed by atoms with van der Waals surface area (Å²) in [5.74, 6) is -1.15. The van der Waals surface area contributed by atoms with Crippen LogP contribution in [0.1, 0.15) is 36.6 Å². The Morgan fingerprint density at radius 2 is 1.80 bits per heavy atom. The Hall–Kier alpha value is -4.95. The number of nitro groups is 1. The van der Waals surface area contributed by atoms with Gasteiger partial charge < -0.3 is 8.92 Å². The Balaban J connectivity index is 1.49. The van der Waals surface area contributed by atoms with E-state index >= 15 is 0 Å². The Morgan fingerprint density at radius 1 is 1.11 bits per heavy atom. The van der Waals surface area contributed by atoms with Gasteiger partial charge in [0.2, 0.25) is 0 Å². The Bertz CT molecular complexity index is 2120. The number of nitro benzene ring substituents is 1. The predicted octanol–water partition coefficient (Wildman–Crippen LogP) is 3.92. The zero-order valence-electron chi connectivity index (χ0n) is 23.5. The maximum absolute atomic E-state index is 13.7. The van der Waals surface area contributed by atoms with Crippen LogP contribution in [0.3, 0.4) is 0 Å². The largest absolute Gasteiger partial charge is 0.463 e. The number of thiazole rings is 1. The summed E-state index contributed by atoms with van der Waals surface area (Å²) in [4.78, 5) is 41.6. The van der Waals surface area contributed by atoms with Crippen LogP contribution >= 0.6 is 11.3 Å². The van der Waals surface area contributed by atoms with E-state index in [1.807, 2.05) is 0 Å². The molecule has 226 valence electrons. The number of aromatic nitrogens is 1. The zero-order valence-corrected chi connectivity index (χ0v) is 25.1. The van der Waals surface area contributed by atoms with E-state index in [0.29, 0.717) is 27.2 Å². The lowest BCUT2D eigenvalue weighted by Crippen LogP contribution is -2.39. The standard InChI is InChI=1S/C30H24FN3O8S2/c1-4-41-29(36)26-18(3)32-30-33(27(26)20-8-10-21(31)11-9-20)28(35)25(43-30)15-19-6-12-22(13-7-19)42-44(39,40)23-14-5-17(2)24(16-23)34(37)38/h5-16,27H,4H2,1-3H3/b25-15-/t27-/m1/s1. The molecular weight excluding hydrogens is 613 g/mol. The quantitative estimate of drug-likeness (QED) is 0.122. The highest BCUT2D eigenvalue weighted by molar-refractivity contribution is 7.87. The molecule has 1 aromatic heterocycles. The van der Waals surface area contributed by atoms with Gasteiger partial charge in [0.15, 0.2) is 4.80 Å². The second-order valence-electron chi connectivity index (χ2n) is 9.67. The molecule has 44 heavy (non-hydrogen) atoms. The van der Waals surface area contributed by atoms with E-state index in [-0.39, 0.29) is 33.0 Å². The van der Waals surface area contributed by atoms with Crippen molar-refractivity contribution in [3.8, 4) is 5.75 Å². The summed E-state index contributed by atoms with van der Waals surface area (Å²) in [6, 6.07) is 13.9. The van der Waals surface area contributed by atoms with E-state index in [1.165, 1.54) is 72.2 Å². The fraction of sp³-hybridized carbons (Fsp3) is 0.167. The molecule has 4 aromatic rings. The van der Waals surface area contributed by atoms with Gasteiger partial charge in [-0.05, 0) is 68.3 Å². The van der Waals surface area contributed by atoms with Gasteiger partial charge in [-0.15, -0.1) is 0 Å². The van der Waals surface area contributed by atoms with E-state index in [4.69, 9.17) is 8.92 Å². The molecule has 11 nitrogen and oxygen atoms in total. The molecule has 0 saturated heterocycles. The second-order valence-corrected chi connectivity index (χ2v) is 12.2. The average molecular weight is 638 g/mol. The van der Waals surface area contributed by atoms with Gasteiger partial charge in [0.25, 0.3) is 11.2 Å². The van der Waals surface area contributed by atoms with Crippen molar-refractivity contribution in [1.29, 1.82) is 0 Å². The number of halogens is 1. The van der Waals surface area contributed by atoms with E-state index < -0.39 is 38.4 Å². The summed E-state index contributed by atoms with van der Waals surface area (Å²) < 4.78 is 51.3. The Labute approximate surface area is 254 Å². The fourth-order valence-electron chi connectivity index (χ4n) is 4.64. The van der Waals surface area contributed by atoms with Gasteiger partial charge in [-0.3, -0.25) is 19.5 Å². The first-order valence-electron chi connectivity index (χ1n) is 13.1. The molecule has 1 aliphatic heterocycles. The van der Waals surface area contributed by atoms with Crippen molar-refractivity contribution in [2.75, 3.05) is 6.61 Å². The highest BCUT2D eigenvalue weighted by atomic mass is 32.2. The summed E-state index contributed by atoms with van der Waals surface area (Å²) in [6.45, 7) is 4.91. The fourth-order valence-corrected chi connectivity index (χ4v) is 6.64. The van der Waals surface area contributed by atoms with E-state index in [9.17, 15) is 32.5 Å². The van der Waals surface area contributed by atoms with Crippen LogP contribution < -0.4 is 19.1 Å². The summed E-state index contributed by atoms with van der Waals surface area (Å²) in [7, 11) is -4.37. The predicted molar refractivity (Wildman–Crippen MR) is 159 cm³/mol. The van der Waals surface area contributed by atoms with Crippen LogP contribution in [0.4, 0.5) is 10.1 Å². The van der Waals surface area contributed by atoms with Gasteiger partial charge in [0.1, 0.15) is 16.5 Å². The van der Waals surface area contributed by atoms with Crippen molar-refractivity contribution in [1.82, 2.24) is 4.57 Å². The van der Waals surface area contributed by atoms with Crippen LogP contribution in [0.25, 0.3) is 6.08 Å². The minimum atomic E-state index is -4.37. The number of hydrogen-bond acceptors (Lipinski definition) is 10. The minimum Gasteiger partial charge on any atom is -0.463 e. The monoisotopic (exact) mass is 637 g/mol. The molecule has 2 heterocycles. The lowest BCUT2D eigenvalue weighted by atomic mass is 9.96. The highest BCUT2D eigenvalue weighted by Crippen LogP contribution is 2.31. The van der Waals surface area contributed by atoms with Gasteiger partial charge in [-0.2, -0.15) is 8.42 Å². The first-order valence-corrected chi connectivity index (χ1v) is 15.4. The number of aryl methyl sites for hydroxylation is 1. The SMILES string of the molecule is CCOC(=O)C1=C(C)N=c2s/c(=C\c3ccc(OS(=O)(=O)c4ccc(C)c([N+](=O)[O-])c4)cc3)c(=O)n2[C@@H]1c1ccc(F)cc1. The lowest BCUT2D eigenvalue weighted by Gasteiger charge is -2.24. The molecule has 1 aliphatic rings. The van der Waals surface area contributed by atoms with Gasteiger partial charge in [0, 0.05) is 11.6 Å². The molecule has 0 unspecified atom stereocenters. The topological polar surface area (TPSA) is 147 Å². The molecule has 0 N–H and O–H groups in total. The molecule has 0 radical (unpaired) electrons. The number of nitrogens with zero attached hydrogens (tertiary/aromatic N) is 3. The van der Waals surface area contributed by atoms with E-state index in [0.717, 1.165) is 17.4 Å². The number of carbonyl (C=O) groups is 1. The molecule has 3 aromatic carbocycles. The maximum Gasteiger partial charge on any atom is 0.339 e. The zero-order chi connectivity index (χ0) is 31.8.